The molecule has 2 aliphatic heterocycles. The van der Waals surface area contributed by atoms with E-state index < -0.39 is 5.54 Å². The molecule has 3 aliphatic rings. The molecule has 0 N–H and O–H groups in total. The molecule has 0 saturated carbocycles. The molecule has 2 saturated heterocycles. The molecule has 6 nitrogen and oxygen atoms in total. The summed E-state index contributed by atoms with van der Waals surface area (Å²) in [6.45, 7) is 6.90. The minimum absolute atomic E-state index is 0.0181. The van der Waals surface area contributed by atoms with Gasteiger partial charge in [0, 0.05) is 32.2 Å². The number of hydrogen-bond acceptors (Lipinski definition) is 4. The summed E-state index contributed by atoms with van der Waals surface area (Å²) >= 11 is 0. The van der Waals surface area contributed by atoms with Crippen LogP contribution in [-0.2, 0) is 24.1 Å². The summed E-state index contributed by atoms with van der Waals surface area (Å²) in [5.41, 5.74) is 3.38. The first-order valence-electron chi connectivity index (χ1n) is 13.5. The number of piperidine rings is 1. The number of likely N-dealkylation sites (tertiary alicyclic amines) is 1. The summed E-state index contributed by atoms with van der Waals surface area (Å²) in [5.74, 6) is 1.09. The van der Waals surface area contributed by atoms with Gasteiger partial charge in [-0.3, -0.25) is 14.6 Å². The van der Waals surface area contributed by atoms with Crippen LogP contribution in [0.3, 0.4) is 0 Å². The van der Waals surface area contributed by atoms with Crippen molar-refractivity contribution >= 4 is 11.9 Å². The van der Waals surface area contributed by atoms with Gasteiger partial charge in [-0.15, -0.1) is 0 Å². The number of imide groups is 1. The van der Waals surface area contributed by atoms with E-state index in [1.165, 1.54) is 16.0 Å². The van der Waals surface area contributed by atoms with E-state index in [0.717, 1.165) is 50.1 Å². The molecule has 1 atom stereocenters. The van der Waals surface area contributed by atoms with Gasteiger partial charge in [-0.2, -0.15) is 0 Å². The maximum atomic E-state index is 13.8. The van der Waals surface area contributed by atoms with Crippen LogP contribution in [0.1, 0.15) is 49.8 Å². The number of methoxy groups -OCH3 is 1. The summed E-state index contributed by atoms with van der Waals surface area (Å²) in [5, 5.41) is 0. The van der Waals surface area contributed by atoms with Crippen LogP contribution < -0.4 is 4.74 Å². The van der Waals surface area contributed by atoms with Gasteiger partial charge in [0.2, 0.25) is 0 Å². The zero-order valence-electron chi connectivity index (χ0n) is 21.9. The number of carbonyl (C=O) groups is 2. The third-order valence-electron chi connectivity index (χ3n) is 8.42. The third kappa shape index (κ3) is 4.63. The first-order chi connectivity index (χ1) is 17.4. The van der Waals surface area contributed by atoms with Crippen molar-refractivity contribution in [3.8, 4) is 5.75 Å². The van der Waals surface area contributed by atoms with E-state index >= 15 is 0 Å². The van der Waals surface area contributed by atoms with E-state index in [9.17, 15) is 9.59 Å². The fraction of sp³-hybridized carbons (Fsp3) is 0.533. The highest BCUT2D eigenvalue weighted by molar-refractivity contribution is 6.07. The normalized spacial score (nSPS) is 21.9. The van der Waals surface area contributed by atoms with E-state index in [1.54, 1.807) is 7.11 Å². The Morgan fingerprint density at radius 3 is 2.36 bits per heavy atom. The van der Waals surface area contributed by atoms with Gasteiger partial charge in [0.1, 0.15) is 11.3 Å². The van der Waals surface area contributed by atoms with Crippen molar-refractivity contribution in [3.05, 3.63) is 65.2 Å². The number of ether oxygens (including phenoxy) is 1. The van der Waals surface area contributed by atoms with Crippen molar-refractivity contribution in [1.82, 2.24) is 14.7 Å². The highest BCUT2D eigenvalue weighted by atomic mass is 16.5. The SMILES string of the molecule is COc1ccc(CCN2C(=O)N(CC(C)C)C(=O)C23CCN(C2CCc4ccccc4C2)CC3)cc1. The molecule has 1 unspecified atom stereocenters. The van der Waals surface area contributed by atoms with Crippen molar-refractivity contribution < 1.29 is 14.3 Å². The van der Waals surface area contributed by atoms with Gasteiger partial charge in [0.25, 0.3) is 5.91 Å². The molecule has 5 rings (SSSR count). The second kappa shape index (κ2) is 10.3. The quantitative estimate of drug-likeness (QED) is 0.536. The smallest absolute Gasteiger partial charge is 0.327 e. The number of nitrogens with zero attached hydrogens (tertiary/aromatic N) is 3. The summed E-state index contributed by atoms with van der Waals surface area (Å²) < 4.78 is 5.28. The second-order valence-electron chi connectivity index (χ2n) is 11.1. The van der Waals surface area contributed by atoms with Crippen molar-refractivity contribution in [2.45, 2.75) is 64.0 Å². The number of aryl methyl sites for hydroxylation is 1. The highest BCUT2D eigenvalue weighted by Crippen LogP contribution is 2.39. The molecule has 1 aliphatic carbocycles. The monoisotopic (exact) mass is 489 g/mol. The Labute approximate surface area is 215 Å². The highest BCUT2D eigenvalue weighted by Gasteiger charge is 2.57. The summed E-state index contributed by atoms with van der Waals surface area (Å²) in [4.78, 5) is 33.4. The molecule has 2 aromatic rings. The van der Waals surface area contributed by atoms with Crippen LogP contribution in [0.5, 0.6) is 5.75 Å². The Morgan fingerprint density at radius 1 is 1.00 bits per heavy atom. The molecule has 0 bridgehead atoms. The van der Waals surface area contributed by atoms with Crippen LogP contribution in [0.25, 0.3) is 0 Å². The first-order valence-corrected chi connectivity index (χ1v) is 13.5. The maximum Gasteiger partial charge on any atom is 0.327 e. The average molecular weight is 490 g/mol. The molecule has 3 amide bonds. The van der Waals surface area contributed by atoms with Crippen molar-refractivity contribution in [2.24, 2.45) is 5.92 Å². The van der Waals surface area contributed by atoms with Gasteiger partial charge < -0.3 is 9.64 Å². The Balaban J connectivity index is 1.31. The molecule has 192 valence electrons. The number of amides is 3. The lowest BCUT2D eigenvalue weighted by Gasteiger charge is -2.45. The number of rotatable bonds is 7. The van der Waals surface area contributed by atoms with E-state index in [0.29, 0.717) is 32.0 Å². The fourth-order valence-corrected chi connectivity index (χ4v) is 6.38. The predicted molar refractivity (Wildman–Crippen MR) is 141 cm³/mol. The van der Waals surface area contributed by atoms with Crippen LogP contribution in [0.15, 0.2) is 48.5 Å². The summed E-state index contributed by atoms with van der Waals surface area (Å²) in [6.07, 6.45) is 5.52. The summed E-state index contributed by atoms with van der Waals surface area (Å²) in [6, 6.07) is 17.2. The fourth-order valence-electron chi connectivity index (χ4n) is 6.38. The lowest BCUT2D eigenvalue weighted by atomic mass is 9.82. The zero-order chi connectivity index (χ0) is 25.3. The molecule has 1 spiro atoms. The van der Waals surface area contributed by atoms with E-state index in [4.69, 9.17) is 4.74 Å². The van der Waals surface area contributed by atoms with Gasteiger partial charge in [0.15, 0.2) is 0 Å². The van der Waals surface area contributed by atoms with Crippen LogP contribution in [0.4, 0.5) is 4.79 Å². The number of hydrogen-bond donors (Lipinski definition) is 0. The lowest BCUT2D eigenvalue weighted by Crippen LogP contribution is -2.58. The van der Waals surface area contributed by atoms with E-state index in [2.05, 4.69) is 43.0 Å². The number of fused-ring (bicyclic) bond motifs is 1. The lowest BCUT2D eigenvalue weighted by molar-refractivity contribution is -0.136. The van der Waals surface area contributed by atoms with Crippen LogP contribution >= 0.6 is 0 Å². The van der Waals surface area contributed by atoms with Crippen LogP contribution in [-0.4, -0.2) is 71.5 Å². The summed E-state index contributed by atoms with van der Waals surface area (Å²) in [7, 11) is 1.66. The molecular formula is C30H39N3O3. The molecule has 2 heterocycles. The molecule has 2 fully saturated rings. The van der Waals surface area contributed by atoms with Gasteiger partial charge >= 0.3 is 6.03 Å². The molecule has 36 heavy (non-hydrogen) atoms. The largest absolute Gasteiger partial charge is 0.497 e. The number of urea groups is 1. The topological polar surface area (TPSA) is 53.1 Å². The minimum atomic E-state index is -0.707. The van der Waals surface area contributed by atoms with E-state index in [1.807, 2.05) is 29.2 Å². The Kier molecular flexibility index (Phi) is 7.07. The third-order valence-corrected chi connectivity index (χ3v) is 8.42. The van der Waals surface area contributed by atoms with Gasteiger partial charge in [-0.1, -0.05) is 50.2 Å². The van der Waals surface area contributed by atoms with Crippen molar-refractivity contribution in [3.63, 3.8) is 0 Å². The van der Waals surface area contributed by atoms with Crippen LogP contribution in [0, 0.1) is 5.92 Å². The average Bonchev–Trinajstić information content (AvgIpc) is 3.08. The number of carbonyl (C=O) groups excluding carboxylic acids is 2. The Morgan fingerprint density at radius 2 is 1.69 bits per heavy atom. The van der Waals surface area contributed by atoms with Gasteiger partial charge in [-0.25, -0.2) is 4.79 Å². The molecule has 0 radical (unpaired) electrons. The molecule has 2 aromatic carbocycles. The standard InChI is InChI=1S/C30H39N3O3/c1-22(2)21-32-28(34)30(33(29(32)35)17-14-23-8-12-27(36-3)13-9-23)15-18-31(19-16-30)26-11-10-24-6-4-5-7-25(24)20-26/h4-9,12-13,22,26H,10-11,14-21H2,1-3H3. The predicted octanol–water partition coefficient (Wildman–Crippen LogP) is 4.55. The van der Waals surface area contributed by atoms with Gasteiger partial charge in [-0.05, 0) is 73.3 Å². The Bertz CT molecular complexity index is 1090. The van der Waals surface area contributed by atoms with Crippen LogP contribution in [0.2, 0.25) is 0 Å². The van der Waals surface area contributed by atoms with Crippen molar-refractivity contribution in [1.29, 1.82) is 0 Å². The van der Waals surface area contributed by atoms with Crippen molar-refractivity contribution in [2.75, 3.05) is 33.3 Å². The maximum absolute atomic E-state index is 13.8. The molecule has 0 aromatic heterocycles. The van der Waals surface area contributed by atoms with Gasteiger partial charge in [0.05, 0.1) is 7.11 Å². The molecule has 6 heteroatoms. The number of benzene rings is 2. The Hall–Kier alpha value is -2.86. The van der Waals surface area contributed by atoms with E-state index in [-0.39, 0.29) is 17.9 Å². The molecular weight excluding hydrogens is 450 g/mol. The first kappa shape index (κ1) is 24.8. The zero-order valence-corrected chi connectivity index (χ0v) is 21.9. The second-order valence-corrected chi connectivity index (χ2v) is 11.1. The minimum Gasteiger partial charge on any atom is -0.497 e.